The summed E-state index contributed by atoms with van der Waals surface area (Å²) in [6.45, 7) is 12.4. The summed E-state index contributed by atoms with van der Waals surface area (Å²) in [5, 5.41) is 6.38. The molecule has 1 heterocycles. The van der Waals surface area contributed by atoms with Crippen LogP contribution in [0.4, 0.5) is 17.1 Å². The fourth-order valence-corrected chi connectivity index (χ4v) is 5.05. The Bertz CT molecular complexity index is 871. The van der Waals surface area contributed by atoms with Gasteiger partial charge in [-0.25, -0.2) is 8.42 Å². The Hall–Kier alpha value is -1.76. The minimum Gasteiger partial charge on any atom is -0.383 e. The topological polar surface area (TPSA) is 87.3 Å². The van der Waals surface area contributed by atoms with Gasteiger partial charge >= 0.3 is 0 Å². The molecule has 170 valence electrons. The van der Waals surface area contributed by atoms with Crippen LogP contribution in [0.25, 0.3) is 0 Å². The van der Waals surface area contributed by atoms with E-state index in [2.05, 4.69) is 22.3 Å². The lowest BCUT2D eigenvalue weighted by Crippen LogP contribution is -2.28. The smallest absolute Gasteiger partial charge is 0.232 e. The van der Waals surface area contributed by atoms with Crippen molar-refractivity contribution in [3.05, 3.63) is 16.7 Å². The van der Waals surface area contributed by atoms with Crippen molar-refractivity contribution < 1.29 is 13.2 Å². The average molecular weight is 438 g/mol. The Morgan fingerprint density at radius 3 is 2.27 bits per heavy atom. The van der Waals surface area contributed by atoms with Crippen LogP contribution >= 0.6 is 0 Å². The zero-order chi connectivity index (χ0) is 22.5. The highest BCUT2D eigenvalue weighted by Gasteiger charge is 2.28. The summed E-state index contributed by atoms with van der Waals surface area (Å²) < 4.78 is 28.4. The van der Waals surface area contributed by atoms with Gasteiger partial charge in [-0.3, -0.25) is 9.52 Å². The maximum atomic E-state index is 12.8. The highest BCUT2D eigenvalue weighted by molar-refractivity contribution is 7.92. The fourth-order valence-electron chi connectivity index (χ4n) is 3.80. The van der Waals surface area contributed by atoms with Gasteiger partial charge in [0.25, 0.3) is 0 Å². The van der Waals surface area contributed by atoms with Crippen LogP contribution in [0.3, 0.4) is 0 Å². The molecule has 0 bridgehead atoms. The van der Waals surface area contributed by atoms with E-state index in [1.165, 1.54) is 12.8 Å². The van der Waals surface area contributed by atoms with Gasteiger partial charge in [0.05, 0.1) is 17.1 Å². The summed E-state index contributed by atoms with van der Waals surface area (Å²) in [6.07, 6.45) is 7.02. The molecule has 1 aliphatic heterocycles. The van der Waals surface area contributed by atoms with Gasteiger partial charge in [-0.15, -0.1) is 0 Å². The Kier molecular flexibility index (Phi) is 8.20. The first-order chi connectivity index (χ1) is 14.0. The number of rotatable bonds is 10. The number of nitrogens with one attached hydrogen (secondary N) is 3. The summed E-state index contributed by atoms with van der Waals surface area (Å²) >= 11 is 0. The molecule has 1 aromatic rings. The number of sulfonamides is 1. The van der Waals surface area contributed by atoms with Crippen LogP contribution in [0.15, 0.2) is 0 Å². The van der Waals surface area contributed by atoms with Crippen LogP contribution in [0, 0.1) is 19.3 Å². The van der Waals surface area contributed by atoms with Gasteiger partial charge in [-0.2, -0.15) is 0 Å². The number of hydrogen-bond donors (Lipinski definition) is 3. The molecule has 0 radical (unpaired) electrons. The van der Waals surface area contributed by atoms with Crippen LogP contribution in [0.1, 0.15) is 82.9 Å². The van der Waals surface area contributed by atoms with E-state index in [4.69, 9.17) is 0 Å². The van der Waals surface area contributed by atoms with Crippen LogP contribution in [-0.4, -0.2) is 26.6 Å². The molecule has 0 aliphatic carbocycles. The SMILES string of the molecule is CCCCCCCCS(=O)(=O)Nc1c(C)c(NC(=O)C(C)(C)C)c(C)c2c1NCC2. The van der Waals surface area contributed by atoms with Crippen molar-refractivity contribution in [1.29, 1.82) is 0 Å². The molecular weight excluding hydrogens is 398 g/mol. The van der Waals surface area contributed by atoms with Gasteiger partial charge in [-0.05, 0) is 43.4 Å². The lowest BCUT2D eigenvalue weighted by Gasteiger charge is -2.24. The molecule has 0 saturated heterocycles. The largest absolute Gasteiger partial charge is 0.383 e. The van der Waals surface area contributed by atoms with Crippen molar-refractivity contribution in [3.63, 3.8) is 0 Å². The van der Waals surface area contributed by atoms with Gasteiger partial charge in [0.15, 0.2) is 0 Å². The molecule has 0 saturated carbocycles. The number of amides is 1. The third-order valence-corrected chi connectivity index (χ3v) is 7.09. The zero-order valence-corrected chi connectivity index (χ0v) is 20.3. The molecule has 3 N–H and O–H groups in total. The number of unbranched alkanes of at least 4 members (excludes halogenated alkanes) is 5. The Morgan fingerprint density at radius 1 is 1.00 bits per heavy atom. The number of carbonyl (C=O) groups is 1. The quantitative estimate of drug-likeness (QED) is 0.430. The first kappa shape index (κ1) is 24.5. The van der Waals surface area contributed by atoms with E-state index in [9.17, 15) is 13.2 Å². The van der Waals surface area contributed by atoms with Crippen molar-refractivity contribution in [3.8, 4) is 0 Å². The molecule has 0 atom stereocenters. The van der Waals surface area contributed by atoms with Crippen LogP contribution in [-0.2, 0) is 21.2 Å². The molecule has 7 heteroatoms. The number of benzene rings is 1. The Balaban J connectivity index is 2.24. The zero-order valence-electron chi connectivity index (χ0n) is 19.5. The summed E-state index contributed by atoms with van der Waals surface area (Å²) in [5.74, 6) is 0.0331. The Morgan fingerprint density at radius 2 is 1.63 bits per heavy atom. The van der Waals surface area contributed by atoms with Gasteiger partial charge < -0.3 is 10.6 Å². The van der Waals surface area contributed by atoms with Gasteiger partial charge in [0, 0.05) is 17.6 Å². The van der Waals surface area contributed by atoms with Crippen molar-refractivity contribution in [2.24, 2.45) is 5.41 Å². The second-order valence-corrected chi connectivity index (χ2v) is 11.3. The van der Waals surface area contributed by atoms with Crippen LogP contribution in [0.5, 0.6) is 0 Å². The summed E-state index contributed by atoms with van der Waals surface area (Å²) in [5.41, 5.74) is 4.44. The van der Waals surface area contributed by atoms with Crippen molar-refractivity contribution in [2.75, 3.05) is 27.7 Å². The van der Waals surface area contributed by atoms with Crippen LogP contribution in [0.2, 0.25) is 0 Å². The lowest BCUT2D eigenvalue weighted by atomic mass is 9.93. The third kappa shape index (κ3) is 6.13. The molecule has 30 heavy (non-hydrogen) atoms. The highest BCUT2D eigenvalue weighted by atomic mass is 32.2. The van der Waals surface area contributed by atoms with E-state index >= 15 is 0 Å². The molecular formula is C23H39N3O3S. The van der Waals surface area contributed by atoms with Crippen LogP contribution < -0.4 is 15.4 Å². The number of hydrogen-bond acceptors (Lipinski definition) is 4. The monoisotopic (exact) mass is 437 g/mol. The van der Waals surface area contributed by atoms with E-state index in [-0.39, 0.29) is 11.7 Å². The molecule has 1 aromatic carbocycles. The van der Waals surface area contributed by atoms with E-state index in [1.807, 2.05) is 34.6 Å². The number of carbonyl (C=O) groups excluding carboxylic acids is 1. The number of fused-ring (bicyclic) bond motifs is 1. The second-order valence-electron chi connectivity index (χ2n) is 9.42. The summed E-state index contributed by atoms with van der Waals surface area (Å²) in [6, 6.07) is 0. The van der Waals surface area contributed by atoms with E-state index in [1.54, 1.807) is 0 Å². The molecule has 1 aliphatic rings. The van der Waals surface area contributed by atoms with Crippen molar-refractivity contribution >= 4 is 33.0 Å². The molecule has 0 spiro atoms. The summed E-state index contributed by atoms with van der Waals surface area (Å²) in [7, 11) is -3.46. The minimum absolute atomic E-state index is 0.0829. The first-order valence-corrected chi connectivity index (χ1v) is 12.8. The highest BCUT2D eigenvalue weighted by Crippen LogP contribution is 2.42. The van der Waals surface area contributed by atoms with E-state index in [0.29, 0.717) is 12.1 Å². The standard InChI is InChI=1S/C23H39N3O3S/c1-7-8-9-10-11-12-15-30(28,29)26-20-17(3)19(25-22(27)23(4,5)6)16(2)18-13-14-24-21(18)20/h24,26H,7-15H2,1-6H3,(H,25,27). The minimum atomic E-state index is -3.46. The molecule has 1 amide bonds. The first-order valence-electron chi connectivity index (χ1n) is 11.2. The third-order valence-electron chi connectivity index (χ3n) is 5.75. The second kappa shape index (κ2) is 10.0. The van der Waals surface area contributed by atoms with E-state index in [0.717, 1.165) is 60.3 Å². The van der Waals surface area contributed by atoms with Gasteiger partial charge in [0.1, 0.15) is 0 Å². The maximum Gasteiger partial charge on any atom is 0.232 e. The normalized spacial score (nSPS) is 13.7. The fraction of sp³-hybridized carbons (Fsp3) is 0.696. The molecule has 2 rings (SSSR count). The lowest BCUT2D eigenvalue weighted by molar-refractivity contribution is -0.123. The Labute approximate surface area is 182 Å². The summed E-state index contributed by atoms with van der Waals surface area (Å²) in [4.78, 5) is 12.6. The predicted octanol–water partition coefficient (Wildman–Crippen LogP) is 5.36. The van der Waals surface area contributed by atoms with Crippen molar-refractivity contribution in [2.45, 2.75) is 86.5 Å². The molecule has 6 nitrogen and oxygen atoms in total. The molecule has 0 fully saturated rings. The maximum absolute atomic E-state index is 12.8. The predicted molar refractivity (Wildman–Crippen MR) is 127 cm³/mol. The average Bonchev–Trinajstić information content (AvgIpc) is 3.14. The van der Waals surface area contributed by atoms with Crippen molar-refractivity contribution in [1.82, 2.24) is 0 Å². The number of anilines is 3. The van der Waals surface area contributed by atoms with E-state index < -0.39 is 15.4 Å². The van der Waals surface area contributed by atoms with Gasteiger partial charge in [-0.1, -0.05) is 59.8 Å². The molecule has 0 unspecified atom stereocenters. The molecule has 0 aromatic heterocycles. The van der Waals surface area contributed by atoms with Gasteiger partial charge in [0.2, 0.25) is 15.9 Å².